The van der Waals surface area contributed by atoms with E-state index in [0.717, 1.165) is 12.3 Å². The SMILES string of the molecule is CC(N)c1cnc(CC2CCN(C)C2)s1. The molecular formula is C11H19N3S. The summed E-state index contributed by atoms with van der Waals surface area (Å²) >= 11 is 1.77. The first-order chi connectivity index (χ1) is 7.15. The van der Waals surface area contributed by atoms with Crippen molar-refractivity contribution in [3.05, 3.63) is 16.1 Å². The Labute approximate surface area is 95.3 Å². The van der Waals surface area contributed by atoms with Crippen molar-refractivity contribution in [2.24, 2.45) is 11.7 Å². The normalized spacial score (nSPS) is 24.6. The highest BCUT2D eigenvalue weighted by Gasteiger charge is 2.20. The number of likely N-dealkylation sites (tertiary alicyclic amines) is 1. The van der Waals surface area contributed by atoms with Crippen LogP contribution < -0.4 is 5.73 Å². The monoisotopic (exact) mass is 225 g/mol. The van der Waals surface area contributed by atoms with Crippen LogP contribution in [0.5, 0.6) is 0 Å². The Morgan fingerprint density at radius 2 is 2.53 bits per heavy atom. The summed E-state index contributed by atoms with van der Waals surface area (Å²) in [6, 6.07) is 0.127. The van der Waals surface area contributed by atoms with E-state index in [9.17, 15) is 0 Å². The smallest absolute Gasteiger partial charge is 0.0931 e. The van der Waals surface area contributed by atoms with Crippen LogP contribution in [0.2, 0.25) is 0 Å². The number of nitrogens with two attached hydrogens (primary N) is 1. The van der Waals surface area contributed by atoms with E-state index in [2.05, 4.69) is 16.9 Å². The maximum absolute atomic E-state index is 5.82. The molecule has 0 radical (unpaired) electrons. The Hall–Kier alpha value is -0.450. The van der Waals surface area contributed by atoms with Gasteiger partial charge in [-0.15, -0.1) is 11.3 Å². The molecule has 1 saturated heterocycles. The first-order valence-corrected chi connectivity index (χ1v) is 6.35. The van der Waals surface area contributed by atoms with Crippen molar-refractivity contribution >= 4 is 11.3 Å². The lowest BCUT2D eigenvalue weighted by atomic mass is 10.1. The fourth-order valence-electron chi connectivity index (χ4n) is 2.07. The van der Waals surface area contributed by atoms with Gasteiger partial charge in [0.25, 0.3) is 0 Å². The zero-order chi connectivity index (χ0) is 10.8. The number of thiazole rings is 1. The van der Waals surface area contributed by atoms with E-state index in [0.29, 0.717) is 0 Å². The largest absolute Gasteiger partial charge is 0.323 e. The lowest BCUT2D eigenvalue weighted by Crippen LogP contribution is -2.14. The molecule has 0 amide bonds. The topological polar surface area (TPSA) is 42.1 Å². The minimum atomic E-state index is 0.127. The van der Waals surface area contributed by atoms with Gasteiger partial charge in [-0.3, -0.25) is 0 Å². The fourth-order valence-corrected chi connectivity index (χ4v) is 3.06. The average Bonchev–Trinajstić information content (AvgIpc) is 2.76. The molecule has 2 unspecified atom stereocenters. The van der Waals surface area contributed by atoms with Crippen molar-refractivity contribution in [3.63, 3.8) is 0 Å². The molecule has 1 aliphatic heterocycles. The summed E-state index contributed by atoms with van der Waals surface area (Å²) in [7, 11) is 2.19. The average molecular weight is 225 g/mol. The highest BCUT2D eigenvalue weighted by molar-refractivity contribution is 7.11. The van der Waals surface area contributed by atoms with Crippen LogP contribution in [-0.4, -0.2) is 30.0 Å². The lowest BCUT2D eigenvalue weighted by Gasteiger charge is -2.07. The van der Waals surface area contributed by atoms with Crippen molar-refractivity contribution in [2.45, 2.75) is 25.8 Å². The number of aromatic nitrogens is 1. The molecule has 1 aliphatic rings. The van der Waals surface area contributed by atoms with E-state index in [1.165, 1.54) is 29.4 Å². The molecule has 2 rings (SSSR count). The van der Waals surface area contributed by atoms with Gasteiger partial charge in [0.15, 0.2) is 0 Å². The molecule has 0 aliphatic carbocycles. The molecule has 0 bridgehead atoms. The Balaban J connectivity index is 1.93. The molecule has 2 N–H and O–H groups in total. The van der Waals surface area contributed by atoms with Crippen LogP contribution in [-0.2, 0) is 6.42 Å². The van der Waals surface area contributed by atoms with Gasteiger partial charge >= 0.3 is 0 Å². The van der Waals surface area contributed by atoms with Gasteiger partial charge in [-0.1, -0.05) is 0 Å². The van der Waals surface area contributed by atoms with Gasteiger partial charge in [0, 0.05) is 30.1 Å². The zero-order valence-corrected chi connectivity index (χ0v) is 10.3. The summed E-state index contributed by atoms with van der Waals surface area (Å²) in [5, 5.41) is 1.25. The third-order valence-electron chi connectivity index (χ3n) is 2.97. The molecule has 15 heavy (non-hydrogen) atoms. The standard InChI is InChI=1S/C11H19N3S/c1-8(12)10-6-13-11(15-10)5-9-3-4-14(2)7-9/h6,8-9H,3-5,7,12H2,1-2H3. The molecule has 0 saturated carbocycles. The van der Waals surface area contributed by atoms with Gasteiger partial charge in [0.2, 0.25) is 0 Å². The minimum absolute atomic E-state index is 0.127. The van der Waals surface area contributed by atoms with Crippen LogP contribution in [0, 0.1) is 5.92 Å². The summed E-state index contributed by atoms with van der Waals surface area (Å²) in [6.07, 6.45) is 4.37. The summed E-state index contributed by atoms with van der Waals surface area (Å²) < 4.78 is 0. The first-order valence-electron chi connectivity index (χ1n) is 5.54. The quantitative estimate of drug-likeness (QED) is 0.850. The second kappa shape index (κ2) is 4.60. The highest BCUT2D eigenvalue weighted by atomic mass is 32.1. The van der Waals surface area contributed by atoms with E-state index in [1.807, 2.05) is 13.1 Å². The van der Waals surface area contributed by atoms with Crippen LogP contribution in [0.4, 0.5) is 0 Å². The lowest BCUT2D eigenvalue weighted by molar-refractivity contribution is 0.394. The first kappa shape index (κ1) is 11.0. The highest BCUT2D eigenvalue weighted by Crippen LogP contribution is 2.24. The van der Waals surface area contributed by atoms with Crippen molar-refractivity contribution in [1.29, 1.82) is 0 Å². The third kappa shape index (κ3) is 2.77. The van der Waals surface area contributed by atoms with Crippen LogP contribution in [0.1, 0.15) is 29.3 Å². The molecule has 0 aromatic carbocycles. The Bertz CT molecular complexity index is 321. The molecule has 3 nitrogen and oxygen atoms in total. The molecule has 1 aromatic heterocycles. The van der Waals surface area contributed by atoms with Crippen LogP contribution >= 0.6 is 11.3 Å². The summed E-state index contributed by atoms with van der Waals surface area (Å²) in [5.41, 5.74) is 5.82. The number of nitrogens with zero attached hydrogens (tertiary/aromatic N) is 2. The Morgan fingerprint density at radius 3 is 3.07 bits per heavy atom. The maximum Gasteiger partial charge on any atom is 0.0931 e. The number of hydrogen-bond acceptors (Lipinski definition) is 4. The van der Waals surface area contributed by atoms with Crippen molar-refractivity contribution in [3.8, 4) is 0 Å². The van der Waals surface area contributed by atoms with E-state index in [4.69, 9.17) is 5.73 Å². The number of hydrogen-bond donors (Lipinski definition) is 1. The second-order valence-electron chi connectivity index (χ2n) is 4.57. The van der Waals surface area contributed by atoms with Gasteiger partial charge < -0.3 is 10.6 Å². The van der Waals surface area contributed by atoms with Gasteiger partial charge in [-0.05, 0) is 32.9 Å². The molecule has 2 heterocycles. The summed E-state index contributed by atoms with van der Waals surface area (Å²) in [6.45, 7) is 4.46. The van der Waals surface area contributed by atoms with E-state index in [-0.39, 0.29) is 6.04 Å². The molecule has 84 valence electrons. The summed E-state index contributed by atoms with van der Waals surface area (Å²) in [4.78, 5) is 8.04. The van der Waals surface area contributed by atoms with Gasteiger partial charge in [0.05, 0.1) is 5.01 Å². The Kier molecular flexibility index (Phi) is 3.38. The molecule has 2 atom stereocenters. The second-order valence-corrected chi connectivity index (χ2v) is 5.71. The molecule has 4 heteroatoms. The Morgan fingerprint density at radius 1 is 1.73 bits per heavy atom. The van der Waals surface area contributed by atoms with Crippen LogP contribution in [0.25, 0.3) is 0 Å². The van der Waals surface area contributed by atoms with Gasteiger partial charge in [-0.2, -0.15) is 0 Å². The van der Waals surface area contributed by atoms with E-state index >= 15 is 0 Å². The number of rotatable bonds is 3. The van der Waals surface area contributed by atoms with Crippen molar-refractivity contribution < 1.29 is 0 Å². The third-order valence-corrected chi connectivity index (χ3v) is 4.19. The van der Waals surface area contributed by atoms with Crippen molar-refractivity contribution in [2.75, 3.05) is 20.1 Å². The van der Waals surface area contributed by atoms with Crippen LogP contribution in [0.3, 0.4) is 0 Å². The van der Waals surface area contributed by atoms with E-state index in [1.54, 1.807) is 11.3 Å². The zero-order valence-electron chi connectivity index (χ0n) is 9.44. The fraction of sp³-hybridized carbons (Fsp3) is 0.727. The summed E-state index contributed by atoms with van der Waals surface area (Å²) in [5.74, 6) is 0.794. The minimum Gasteiger partial charge on any atom is -0.323 e. The van der Waals surface area contributed by atoms with Gasteiger partial charge in [-0.25, -0.2) is 4.98 Å². The van der Waals surface area contributed by atoms with Crippen molar-refractivity contribution in [1.82, 2.24) is 9.88 Å². The predicted molar refractivity (Wildman–Crippen MR) is 64.0 cm³/mol. The van der Waals surface area contributed by atoms with E-state index < -0.39 is 0 Å². The molecular weight excluding hydrogens is 206 g/mol. The maximum atomic E-state index is 5.82. The van der Waals surface area contributed by atoms with Gasteiger partial charge in [0.1, 0.15) is 0 Å². The van der Waals surface area contributed by atoms with Crippen LogP contribution in [0.15, 0.2) is 6.20 Å². The predicted octanol–water partition coefficient (Wildman–Crippen LogP) is 1.66. The molecule has 1 fully saturated rings. The molecule has 0 spiro atoms. The molecule has 1 aromatic rings.